The molecule has 0 aromatic carbocycles. The highest BCUT2D eigenvalue weighted by atomic mass is 16.2. The molecule has 1 atom stereocenters. The topological polar surface area (TPSA) is 44.4 Å². The van der Waals surface area contributed by atoms with E-state index in [-0.39, 0.29) is 11.9 Å². The van der Waals surface area contributed by atoms with Crippen LogP contribution in [0.5, 0.6) is 0 Å². The summed E-state index contributed by atoms with van der Waals surface area (Å²) in [5, 5.41) is 5.96. The Morgan fingerprint density at radius 2 is 2.53 bits per heavy atom. The second-order valence-electron chi connectivity index (χ2n) is 3.80. The van der Waals surface area contributed by atoms with E-state index >= 15 is 0 Å². The van der Waals surface area contributed by atoms with Gasteiger partial charge in [-0.15, -0.1) is 6.58 Å². The molecule has 1 amide bonds. The van der Waals surface area contributed by atoms with Crippen molar-refractivity contribution in [1.82, 2.24) is 15.5 Å². The molecule has 0 saturated carbocycles. The van der Waals surface area contributed by atoms with Gasteiger partial charge in [-0.2, -0.15) is 0 Å². The normalized spacial score (nSPS) is 22.3. The molecule has 1 unspecified atom stereocenters. The predicted molar refractivity (Wildman–Crippen MR) is 61.7 cm³/mol. The van der Waals surface area contributed by atoms with Crippen LogP contribution in [0, 0.1) is 0 Å². The van der Waals surface area contributed by atoms with Crippen molar-refractivity contribution in [2.75, 3.05) is 33.2 Å². The number of carbonyl (C=O) groups is 1. The molecule has 0 radical (unpaired) electrons. The average molecular weight is 211 g/mol. The monoisotopic (exact) mass is 211 g/mol. The lowest BCUT2D eigenvalue weighted by Crippen LogP contribution is -2.57. The molecule has 15 heavy (non-hydrogen) atoms. The first kappa shape index (κ1) is 12.2. The summed E-state index contributed by atoms with van der Waals surface area (Å²) < 4.78 is 0. The fourth-order valence-electron chi connectivity index (χ4n) is 1.88. The number of unbranched alkanes of at least 4 members (excludes halogenated alkanes) is 1. The fraction of sp³-hybridized carbons (Fsp3) is 0.727. The molecule has 0 aliphatic carbocycles. The Morgan fingerprint density at radius 3 is 3.20 bits per heavy atom. The van der Waals surface area contributed by atoms with Gasteiger partial charge in [0, 0.05) is 26.7 Å². The van der Waals surface area contributed by atoms with E-state index in [0.717, 1.165) is 39.0 Å². The maximum absolute atomic E-state index is 11.6. The van der Waals surface area contributed by atoms with E-state index < -0.39 is 0 Å². The number of nitrogens with zero attached hydrogens (tertiary/aromatic N) is 1. The molecule has 2 N–H and O–H groups in total. The summed E-state index contributed by atoms with van der Waals surface area (Å²) in [7, 11) is 1.69. The molecule has 1 rings (SSSR count). The van der Waals surface area contributed by atoms with Crippen molar-refractivity contribution >= 4 is 5.91 Å². The first-order chi connectivity index (χ1) is 7.29. The maximum atomic E-state index is 11.6. The zero-order valence-electron chi connectivity index (χ0n) is 9.46. The number of rotatable bonds is 5. The van der Waals surface area contributed by atoms with Crippen molar-refractivity contribution in [2.45, 2.75) is 18.9 Å². The van der Waals surface area contributed by atoms with Gasteiger partial charge >= 0.3 is 0 Å². The van der Waals surface area contributed by atoms with Crippen LogP contribution in [-0.2, 0) is 4.79 Å². The lowest BCUT2D eigenvalue weighted by atomic mass is 10.1. The van der Waals surface area contributed by atoms with Crippen LogP contribution in [0.2, 0.25) is 0 Å². The molecule has 0 aromatic rings. The summed E-state index contributed by atoms with van der Waals surface area (Å²) in [6.07, 6.45) is 4.03. The molecule has 1 aliphatic heterocycles. The zero-order valence-corrected chi connectivity index (χ0v) is 9.46. The molecule has 0 aromatic heterocycles. The summed E-state index contributed by atoms with van der Waals surface area (Å²) in [6, 6.07) is -0.00596. The Balaban J connectivity index is 2.42. The lowest BCUT2D eigenvalue weighted by Gasteiger charge is -2.34. The molecule has 4 heteroatoms. The van der Waals surface area contributed by atoms with Crippen LogP contribution in [0.25, 0.3) is 0 Å². The van der Waals surface area contributed by atoms with Gasteiger partial charge in [0.05, 0.1) is 0 Å². The third-order valence-electron chi connectivity index (χ3n) is 2.76. The van der Waals surface area contributed by atoms with E-state index in [0.29, 0.717) is 0 Å². The van der Waals surface area contributed by atoms with E-state index in [9.17, 15) is 4.79 Å². The van der Waals surface area contributed by atoms with E-state index in [2.05, 4.69) is 22.1 Å². The van der Waals surface area contributed by atoms with Gasteiger partial charge in [-0.1, -0.05) is 6.08 Å². The lowest BCUT2D eigenvalue weighted by molar-refractivity contribution is -0.126. The zero-order chi connectivity index (χ0) is 11.1. The fourth-order valence-corrected chi connectivity index (χ4v) is 1.88. The van der Waals surface area contributed by atoms with Crippen molar-refractivity contribution < 1.29 is 4.79 Å². The summed E-state index contributed by atoms with van der Waals surface area (Å²) in [5.41, 5.74) is 0. The Hall–Kier alpha value is -0.870. The van der Waals surface area contributed by atoms with Crippen LogP contribution in [0.4, 0.5) is 0 Å². The van der Waals surface area contributed by atoms with E-state index in [1.54, 1.807) is 7.05 Å². The van der Waals surface area contributed by atoms with Gasteiger partial charge in [0.2, 0.25) is 5.91 Å². The summed E-state index contributed by atoms with van der Waals surface area (Å²) in [5.74, 6) is 0.112. The van der Waals surface area contributed by atoms with Crippen LogP contribution in [0.15, 0.2) is 12.7 Å². The minimum atomic E-state index is -0.00596. The summed E-state index contributed by atoms with van der Waals surface area (Å²) in [4.78, 5) is 13.8. The third-order valence-corrected chi connectivity index (χ3v) is 2.76. The Labute approximate surface area is 91.7 Å². The minimum Gasteiger partial charge on any atom is -0.358 e. The quantitative estimate of drug-likeness (QED) is 0.496. The van der Waals surface area contributed by atoms with E-state index in [1.807, 2.05) is 6.08 Å². The van der Waals surface area contributed by atoms with E-state index in [4.69, 9.17) is 0 Å². The summed E-state index contributed by atoms with van der Waals surface area (Å²) >= 11 is 0. The van der Waals surface area contributed by atoms with Gasteiger partial charge < -0.3 is 10.6 Å². The van der Waals surface area contributed by atoms with Crippen molar-refractivity contribution in [3.8, 4) is 0 Å². The minimum absolute atomic E-state index is 0.00596. The highest BCUT2D eigenvalue weighted by Crippen LogP contribution is 2.05. The number of allylic oxidation sites excluding steroid dienone is 1. The largest absolute Gasteiger partial charge is 0.358 e. The van der Waals surface area contributed by atoms with Gasteiger partial charge in [-0.25, -0.2) is 0 Å². The number of hydrogen-bond donors (Lipinski definition) is 2. The number of amides is 1. The first-order valence-corrected chi connectivity index (χ1v) is 5.57. The first-order valence-electron chi connectivity index (χ1n) is 5.57. The SMILES string of the molecule is C=CCCCN1CCNCC1C(=O)NC. The number of likely N-dealkylation sites (N-methyl/N-ethyl adjacent to an activating group) is 1. The molecule has 86 valence electrons. The van der Waals surface area contributed by atoms with Crippen LogP contribution >= 0.6 is 0 Å². The molecular weight excluding hydrogens is 190 g/mol. The smallest absolute Gasteiger partial charge is 0.238 e. The molecule has 0 spiro atoms. The van der Waals surface area contributed by atoms with Gasteiger partial charge in [-0.3, -0.25) is 9.69 Å². The van der Waals surface area contributed by atoms with Crippen molar-refractivity contribution in [3.05, 3.63) is 12.7 Å². The number of nitrogens with one attached hydrogen (secondary N) is 2. The van der Waals surface area contributed by atoms with Gasteiger partial charge in [0.25, 0.3) is 0 Å². The Morgan fingerprint density at radius 1 is 1.73 bits per heavy atom. The van der Waals surface area contributed by atoms with Crippen molar-refractivity contribution in [2.24, 2.45) is 0 Å². The predicted octanol–water partition coefficient (Wildman–Crippen LogP) is -0.0276. The molecule has 1 saturated heterocycles. The van der Waals surface area contributed by atoms with Crippen LogP contribution in [0.3, 0.4) is 0 Å². The highest BCUT2D eigenvalue weighted by molar-refractivity contribution is 5.81. The molecular formula is C11H21N3O. The van der Waals surface area contributed by atoms with E-state index in [1.165, 1.54) is 0 Å². The standard InChI is InChI=1S/C11H21N3O/c1-3-4-5-7-14-8-6-13-9-10(14)11(15)12-2/h3,10,13H,1,4-9H2,2H3,(H,12,15). The van der Waals surface area contributed by atoms with Crippen molar-refractivity contribution in [3.63, 3.8) is 0 Å². The second-order valence-corrected chi connectivity index (χ2v) is 3.80. The van der Waals surface area contributed by atoms with Gasteiger partial charge in [0.1, 0.15) is 6.04 Å². The van der Waals surface area contributed by atoms with Gasteiger partial charge in [-0.05, 0) is 19.4 Å². The molecule has 0 bridgehead atoms. The van der Waals surface area contributed by atoms with Gasteiger partial charge in [0.15, 0.2) is 0 Å². The van der Waals surface area contributed by atoms with Crippen molar-refractivity contribution in [1.29, 1.82) is 0 Å². The maximum Gasteiger partial charge on any atom is 0.238 e. The molecule has 1 fully saturated rings. The molecule has 1 heterocycles. The Bertz CT molecular complexity index is 218. The number of piperazine rings is 1. The van der Waals surface area contributed by atoms with Crippen LogP contribution in [-0.4, -0.2) is 50.1 Å². The summed E-state index contributed by atoms with van der Waals surface area (Å²) in [6.45, 7) is 7.37. The Kier molecular flexibility index (Phi) is 5.36. The third kappa shape index (κ3) is 3.64. The average Bonchev–Trinajstić information content (AvgIpc) is 2.29. The highest BCUT2D eigenvalue weighted by Gasteiger charge is 2.26. The number of hydrogen-bond acceptors (Lipinski definition) is 3. The van der Waals surface area contributed by atoms with Crippen LogP contribution < -0.4 is 10.6 Å². The molecule has 1 aliphatic rings. The molecule has 4 nitrogen and oxygen atoms in total. The number of carbonyl (C=O) groups excluding carboxylic acids is 1. The van der Waals surface area contributed by atoms with Crippen LogP contribution in [0.1, 0.15) is 12.8 Å². The second kappa shape index (κ2) is 6.58.